The molecule has 5 nitrogen and oxygen atoms in total. The van der Waals surface area contributed by atoms with Crippen molar-refractivity contribution < 1.29 is 19.1 Å². The van der Waals surface area contributed by atoms with Gasteiger partial charge in [-0.2, -0.15) is 5.06 Å². The van der Waals surface area contributed by atoms with Gasteiger partial charge in [-0.15, -0.1) is 0 Å². The van der Waals surface area contributed by atoms with Crippen molar-refractivity contribution in [2.45, 2.75) is 13.0 Å². The van der Waals surface area contributed by atoms with E-state index in [9.17, 15) is 14.4 Å². The van der Waals surface area contributed by atoms with Crippen LogP contribution in [0.4, 0.5) is 9.18 Å². The Bertz CT molecular complexity index is 701. The minimum atomic E-state index is -0.921. The molecule has 0 aromatic heterocycles. The summed E-state index contributed by atoms with van der Waals surface area (Å²) in [6.45, 7) is 1.63. The zero-order valence-electron chi connectivity index (χ0n) is 12.5. The number of hydrogen-bond acceptors (Lipinski definition) is 3. The number of rotatable bonds is 5. The molecule has 120 valence electrons. The maximum Gasteiger partial charge on any atom is 0.339 e. The SMILES string of the molecule is C[C@@H](C=Cc1cccc(Oc2ccc(F)cc2)c1)N(O)C(N)=O. The van der Waals surface area contributed by atoms with Crippen LogP contribution in [0, 0.1) is 5.82 Å². The lowest BCUT2D eigenvalue weighted by Gasteiger charge is -2.16. The van der Waals surface area contributed by atoms with Crippen molar-refractivity contribution in [2.75, 3.05) is 0 Å². The molecule has 0 aliphatic carbocycles. The molecule has 2 aromatic rings. The summed E-state index contributed by atoms with van der Waals surface area (Å²) >= 11 is 0. The van der Waals surface area contributed by atoms with Crippen LogP contribution >= 0.6 is 0 Å². The number of urea groups is 1. The van der Waals surface area contributed by atoms with Crippen molar-refractivity contribution in [1.82, 2.24) is 5.06 Å². The summed E-state index contributed by atoms with van der Waals surface area (Å²) in [4.78, 5) is 10.9. The number of amides is 2. The first-order valence-corrected chi connectivity index (χ1v) is 6.95. The summed E-state index contributed by atoms with van der Waals surface area (Å²) in [6.07, 6.45) is 3.36. The molecule has 0 aliphatic rings. The normalized spacial score (nSPS) is 12.1. The Morgan fingerprint density at radius 3 is 2.61 bits per heavy atom. The second-order valence-electron chi connectivity index (χ2n) is 4.91. The van der Waals surface area contributed by atoms with Crippen LogP contribution in [0.5, 0.6) is 11.5 Å². The fourth-order valence-corrected chi connectivity index (χ4v) is 1.85. The molecular weight excluding hydrogens is 299 g/mol. The lowest BCUT2D eigenvalue weighted by atomic mass is 10.1. The maximum absolute atomic E-state index is 12.9. The third kappa shape index (κ3) is 4.82. The van der Waals surface area contributed by atoms with Crippen molar-refractivity contribution in [2.24, 2.45) is 5.73 Å². The number of nitrogens with zero attached hydrogens (tertiary/aromatic N) is 1. The largest absolute Gasteiger partial charge is 0.457 e. The average molecular weight is 316 g/mol. The minimum Gasteiger partial charge on any atom is -0.457 e. The Morgan fingerprint density at radius 1 is 1.26 bits per heavy atom. The number of hydroxylamine groups is 2. The number of primary amides is 1. The number of benzene rings is 2. The van der Waals surface area contributed by atoms with E-state index in [0.29, 0.717) is 16.6 Å². The lowest BCUT2D eigenvalue weighted by Crippen LogP contribution is -2.38. The van der Waals surface area contributed by atoms with Gasteiger partial charge in [-0.1, -0.05) is 24.3 Å². The summed E-state index contributed by atoms with van der Waals surface area (Å²) in [5.41, 5.74) is 5.80. The van der Waals surface area contributed by atoms with Crippen LogP contribution in [-0.2, 0) is 0 Å². The molecule has 23 heavy (non-hydrogen) atoms. The van der Waals surface area contributed by atoms with E-state index in [1.165, 1.54) is 24.3 Å². The van der Waals surface area contributed by atoms with E-state index in [0.717, 1.165) is 5.56 Å². The molecule has 0 spiro atoms. The van der Waals surface area contributed by atoms with Crippen LogP contribution in [0.15, 0.2) is 54.6 Å². The first-order valence-electron chi connectivity index (χ1n) is 6.95. The Labute approximate surface area is 133 Å². The zero-order valence-corrected chi connectivity index (χ0v) is 12.5. The number of nitrogens with two attached hydrogens (primary N) is 1. The van der Waals surface area contributed by atoms with Crippen molar-refractivity contribution in [3.05, 3.63) is 66.0 Å². The first kappa shape index (κ1) is 16.5. The van der Waals surface area contributed by atoms with E-state index < -0.39 is 12.1 Å². The van der Waals surface area contributed by atoms with Gasteiger partial charge in [0, 0.05) is 0 Å². The highest BCUT2D eigenvalue weighted by molar-refractivity contribution is 5.71. The second kappa shape index (κ2) is 7.42. The predicted molar refractivity (Wildman–Crippen MR) is 84.6 cm³/mol. The fourth-order valence-electron chi connectivity index (χ4n) is 1.85. The molecule has 3 N–H and O–H groups in total. The molecule has 0 heterocycles. The van der Waals surface area contributed by atoms with Gasteiger partial charge in [0.15, 0.2) is 0 Å². The molecule has 0 radical (unpaired) electrons. The minimum absolute atomic E-state index is 0.328. The summed E-state index contributed by atoms with van der Waals surface area (Å²) in [7, 11) is 0. The standard InChI is InChI=1S/C17H17FN2O3/c1-12(20(22)17(19)21)5-6-13-3-2-4-16(11-13)23-15-9-7-14(18)8-10-15/h2-12,22H,1H3,(H2,19,21)/t12-/m0/s1. The molecule has 2 aromatic carbocycles. The highest BCUT2D eigenvalue weighted by atomic mass is 19.1. The number of hydrogen-bond donors (Lipinski definition) is 2. The van der Waals surface area contributed by atoms with E-state index in [1.54, 1.807) is 37.3 Å². The molecule has 0 unspecified atom stereocenters. The number of halogens is 1. The lowest BCUT2D eigenvalue weighted by molar-refractivity contribution is -0.0560. The average Bonchev–Trinajstić information content (AvgIpc) is 2.54. The molecule has 0 bridgehead atoms. The van der Waals surface area contributed by atoms with Crippen LogP contribution < -0.4 is 10.5 Å². The molecule has 0 aliphatic heterocycles. The smallest absolute Gasteiger partial charge is 0.339 e. The van der Waals surface area contributed by atoms with Crippen molar-refractivity contribution in [1.29, 1.82) is 0 Å². The third-order valence-corrected chi connectivity index (χ3v) is 3.09. The van der Waals surface area contributed by atoms with Crippen LogP contribution in [-0.4, -0.2) is 22.3 Å². The fraction of sp³-hybridized carbons (Fsp3) is 0.118. The summed E-state index contributed by atoms with van der Waals surface area (Å²) in [5, 5.41) is 9.84. The number of carbonyl (C=O) groups is 1. The molecule has 2 amide bonds. The second-order valence-corrected chi connectivity index (χ2v) is 4.91. The summed E-state index contributed by atoms with van der Waals surface area (Å²) < 4.78 is 18.5. The van der Waals surface area contributed by atoms with Gasteiger partial charge in [-0.05, 0) is 48.9 Å². The molecule has 0 fully saturated rings. The number of ether oxygens (including phenoxy) is 1. The van der Waals surface area contributed by atoms with E-state index in [1.807, 2.05) is 6.07 Å². The Kier molecular flexibility index (Phi) is 5.32. The van der Waals surface area contributed by atoms with Crippen molar-refractivity contribution >= 4 is 12.1 Å². The van der Waals surface area contributed by atoms with Gasteiger partial charge < -0.3 is 10.5 Å². The Morgan fingerprint density at radius 2 is 1.96 bits per heavy atom. The van der Waals surface area contributed by atoms with Crippen LogP contribution in [0.3, 0.4) is 0 Å². The van der Waals surface area contributed by atoms with Crippen molar-refractivity contribution in [3.8, 4) is 11.5 Å². The Balaban J connectivity index is 2.07. The van der Waals surface area contributed by atoms with Gasteiger partial charge in [0.2, 0.25) is 0 Å². The molecular formula is C17H17FN2O3. The molecule has 2 rings (SSSR count). The van der Waals surface area contributed by atoms with Gasteiger partial charge in [-0.25, -0.2) is 9.18 Å². The predicted octanol–water partition coefficient (Wildman–Crippen LogP) is 3.79. The van der Waals surface area contributed by atoms with Crippen LogP contribution in [0.25, 0.3) is 6.08 Å². The van der Waals surface area contributed by atoms with Crippen LogP contribution in [0.1, 0.15) is 12.5 Å². The monoisotopic (exact) mass is 316 g/mol. The van der Waals surface area contributed by atoms with Gasteiger partial charge >= 0.3 is 6.03 Å². The topological polar surface area (TPSA) is 75.8 Å². The van der Waals surface area contributed by atoms with Crippen molar-refractivity contribution in [3.63, 3.8) is 0 Å². The van der Waals surface area contributed by atoms with E-state index in [-0.39, 0.29) is 5.82 Å². The Hall–Kier alpha value is -2.86. The van der Waals surface area contributed by atoms with Gasteiger partial charge in [0.1, 0.15) is 17.3 Å². The molecule has 0 saturated heterocycles. The van der Waals surface area contributed by atoms with Gasteiger partial charge in [0.25, 0.3) is 0 Å². The zero-order chi connectivity index (χ0) is 16.8. The molecule has 6 heteroatoms. The molecule has 1 atom stereocenters. The molecule has 0 saturated carbocycles. The summed E-state index contributed by atoms with van der Waals surface area (Å²) in [6, 6.07) is 11.4. The first-order chi connectivity index (χ1) is 11.0. The highest BCUT2D eigenvalue weighted by Gasteiger charge is 2.11. The van der Waals surface area contributed by atoms with Gasteiger partial charge in [-0.3, -0.25) is 5.21 Å². The van der Waals surface area contributed by atoms with Crippen LogP contribution in [0.2, 0.25) is 0 Å². The van der Waals surface area contributed by atoms with E-state index in [4.69, 9.17) is 10.5 Å². The quantitative estimate of drug-likeness (QED) is 0.651. The third-order valence-electron chi connectivity index (χ3n) is 3.09. The maximum atomic E-state index is 12.9. The highest BCUT2D eigenvalue weighted by Crippen LogP contribution is 2.23. The van der Waals surface area contributed by atoms with E-state index in [2.05, 4.69) is 0 Å². The number of carbonyl (C=O) groups excluding carboxylic acids is 1. The van der Waals surface area contributed by atoms with Gasteiger partial charge in [0.05, 0.1) is 6.04 Å². The summed E-state index contributed by atoms with van der Waals surface area (Å²) in [5.74, 6) is 0.782. The van der Waals surface area contributed by atoms with E-state index >= 15 is 0 Å².